The molecule has 3 N–H and O–H groups in total. The second kappa shape index (κ2) is 8.36. The molecule has 0 aromatic heterocycles. The molecule has 0 fully saturated rings. The first-order chi connectivity index (χ1) is 13.4. The molecule has 0 bridgehead atoms. The number of benzene rings is 3. The van der Waals surface area contributed by atoms with Gasteiger partial charge < -0.3 is 5.11 Å². The summed E-state index contributed by atoms with van der Waals surface area (Å²) in [5.74, 6) is -0.349. The summed E-state index contributed by atoms with van der Waals surface area (Å²) in [6.07, 6.45) is 1.40. The normalized spacial score (nSPS) is 11.3. The number of amides is 1. The Morgan fingerprint density at radius 1 is 0.929 bits per heavy atom. The summed E-state index contributed by atoms with van der Waals surface area (Å²) >= 11 is 0. The molecular formula is C20H17N3O4S. The Balaban J connectivity index is 1.63. The van der Waals surface area contributed by atoms with Gasteiger partial charge in [0.05, 0.1) is 11.1 Å². The van der Waals surface area contributed by atoms with Gasteiger partial charge in [-0.15, -0.1) is 0 Å². The molecule has 0 radical (unpaired) electrons. The number of nitrogens with zero attached hydrogens (tertiary/aromatic N) is 1. The van der Waals surface area contributed by atoms with Crippen LogP contribution >= 0.6 is 0 Å². The van der Waals surface area contributed by atoms with Crippen LogP contribution in [0.3, 0.4) is 0 Å². The lowest BCUT2D eigenvalue weighted by molar-refractivity contribution is 0.0955. The number of phenolic OH excluding ortho intramolecular Hbond substituents is 1. The van der Waals surface area contributed by atoms with Crippen LogP contribution in [-0.4, -0.2) is 25.6 Å². The van der Waals surface area contributed by atoms with Gasteiger partial charge in [-0.1, -0.05) is 30.3 Å². The van der Waals surface area contributed by atoms with Gasteiger partial charge in [-0.25, -0.2) is 13.8 Å². The van der Waals surface area contributed by atoms with Gasteiger partial charge in [0.15, 0.2) is 0 Å². The number of anilines is 1. The first-order valence-corrected chi connectivity index (χ1v) is 9.73. The second-order valence-corrected chi connectivity index (χ2v) is 7.47. The molecule has 0 unspecified atom stereocenters. The number of hydrogen-bond donors (Lipinski definition) is 3. The van der Waals surface area contributed by atoms with E-state index in [1.165, 1.54) is 54.7 Å². The number of carbonyl (C=O) groups is 1. The number of carbonyl (C=O) groups excluding carboxylic acids is 1. The van der Waals surface area contributed by atoms with Gasteiger partial charge in [-0.05, 0) is 54.1 Å². The fraction of sp³-hybridized carbons (Fsp3) is 0. The number of nitrogens with one attached hydrogen (secondary N) is 2. The van der Waals surface area contributed by atoms with Gasteiger partial charge in [0.2, 0.25) is 0 Å². The topological polar surface area (TPSA) is 108 Å². The Labute approximate surface area is 162 Å². The summed E-state index contributed by atoms with van der Waals surface area (Å²) in [4.78, 5) is 12.3. The van der Waals surface area contributed by atoms with Crippen molar-refractivity contribution < 1.29 is 18.3 Å². The highest BCUT2D eigenvalue weighted by Gasteiger charge is 2.13. The van der Waals surface area contributed by atoms with E-state index in [1.54, 1.807) is 30.3 Å². The van der Waals surface area contributed by atoms with Crippen LogP contribution < -0.4 is 10.1 Å². The third-order valence-electron chi connectivity index (χ3n) is 3.70. The molecule has 0 aliphatic rings. The lowest BCUT2D eigenvalue weighted by Crippen LogP contribution is -2.18. The summed E-state index contributed by atoms with van der Waals surface area (Å²) in [5, 5.41) is 13.2. The standard InChI is InChI=1S/C20H17N3O4S/c24-18-6-4-5-15(13-18)14-21-22-20(25)16-9-11-17(12-10-16)23-28(26,27)19-7-2-1-3-8-19/h1-14,23-24H,(H,22,25)/b21-14-. The Kier molecular flexibility index (Phi) is 5.71. The smallest absolute Gasteiger partial charge is 0.271 e. The summed E-state index contributed by atoms with van der Waals surface area (Å²) in [6, 6.07) is 20.4. The first-order valence-electron chi connectivity index (χ1n) is 8.24. The lowest BCUT2D eigenvalue weighted by Gasteiger charge is -2.08. The van der Waals surface area contributed by atoms with Crippen LogP contribution in [0.5, 0.6) is 5.75 Å². The highest BCUT2D eigenvalue weighted by molar-refractivity contribution is 7.92. The quantitative estimate of drug-likeness (QED) is 0.440. The fourth-order valence-electron chi connectivity index (χ4n) is 2.34. The van der Waals surface area contributed by atoms with Crippen molar-refractivity contribution in [3.8, 4) is 5.75 Å². The Morgan fingerprint density at radius 2 is 1.64 bits per heavy atom. The van der Waals surface area contributed by atoms with Gasteiger partial charge in [0.25, 0.3) is 15.9 Å². The lowest BCUT2D eigenvalue weighted by atomic mass is 10.2. The molecule has 28 heavy (non-hydrogen) atoms. The van der Waals surface area contributed by atoms with Gasteiger partial charge in [-0.2, -0.15) is 5.10 Å². The SMILES string of the molecule is O=C(N/N=C\c1cccc(O)c1)c1ccc(NS(=O)(=O)c2ccccc2)cc1. The molecule has 3 aromatic carbocycles. The second-order valence-electron chi connectivity index (χ2n) is 5.79. The Hall–Kier alpha value is -3.65. The third kappa shape index (κ3) is 4.95. The van der Waals surface area contributed by atoms with Crippen molar-refractivity contribution in [2.24, 2.45) is 5.10 Å². The molecular weight excluding hydrogens is 378 g/mol. The fourth-order valence-corrected chi connectivity index (χ4v) is 3.42. The predicted molar refractivity (Wildman–Crippen MR) is 107 cm³/mol. The summed E-state index contributed by atoms with van der Waals surface area (Å²) in [5.41, 5.74) is 3.65. The minimum absolute atomic E-state index is 0.101. The van der Waals surface area contributed by atoms with Crippen LogP contribution in [0.25, 0.3) is 0 Å². The van der Waals surface area contributed by atoms with E-state index >= 15 is 0 Å². The average molecular weight is 395 g/mol. The Bertz CT molecular complexity index is 1100. The van der Waals surface area contributed by atoms with Crippen molar-refractivity contribution in [2.75, 3.05) is 4.72 Å². The Morgan fingerprint density at radius 3 is 2.32 bits per heavy atom. The zero-order chi connectivity index (χ0) is 20.0. The highest BCUT2D eigenvalue weighted by Crippen LogP contribution is 2.16. The number of hydrazone groups is 1. The summed E-state index contributed by atoms with van der Waals surface area (Å²) < 4.78 is 27.0. The molecule has 8 heteroatoms. The number of rotatable bonds is 6. The maximum absolute atomic E-state index is 12.3. The van der Waals surface area contributed by atoms with E-state index in [-0.39, 0.29) is 10.6 Å². The van der Waals surface area contributed by atoms with Crippen LogP contribution in [0.4, 0.5) is 5.69 Å². The highest BCUT2D eigenvalue weighted by atomic mass is 32.2. The van der Waals surface area contributed by atoms with E-state index < -0.39 is 15.9 Å². The van der Waals surface area contributed by atoms with E-state index in [0.29, 0.717) is 16.8 Å². The van der Waals surface area contributed by atoms with Gasteiger partial charge >= 0.3 is 0 Å². The summed E-state index contributed by atoms with van der Waals surface area (Å²) in [7, 11) is -3.69. The molecule has 7 nitrogen and oxygen atoms in total. The first kappa shape index (κ1) is 19.1. The van der Waals surface area contributed by atoms with Crippen molar-refractivity contribution in [1.82, 2.24) is 5.43 Å². The van der Waals surface area contributed by atoms with Crippen LogP contribution in [0.2, 0.25) is 0 Å². The largest absolute Gasteiger partial charge is 0.508 e. The van der Waals surface area contributed by atoms with Gasteiger partial charge in [-0.3, -0.25) is 9.52 Å². The zero-order valence-electron chi connectivity index (χ0n) is 14.6. The minimum Gasteiger partial charge on any atom is -0.508 e. The minimum atomic E-state index is -3.69. The maximum Gasteiger partial charge on any atom is 0.271 e. The molecule has 0 saturated carbocycles. The number of hydrogen-bond acceptors (Lipinski definition) is 5. The molecule has 142 valence electrons. The molecule has 1 amide bonds. The van der Waals surface area contributed by atoms with Crippen molar-refractivity contribution in [3.63, 3.8) is 0 Å². The van der Waals surface area contributed by atoms with E-state index in [4.69, 9.17) is 0 Å². The molecule has 3 rings (SSSR count). The number of phenols is 1. The van der Waals surface area contributed by atoms with Crippen LogP contribution in [-0.2, 0) is 10.0 Å². The van der Waals surface area contributed by atoms with E-state index in [9.17, 15) is 18.3 Å². The molecule has 0 atom stereocenters. The van der Waals surface area contributed by atoms with Gasteiger partial charge in [0, 0.05) is 11.3 Å². The average Bonchev–Trinajstić information content (AvgIpc) is 2.69. The molecule has 0 aliphatic heterocycles. The van der Waals surface area contributed by atoms with E-state index in [0.717, 1.165) is 0 Å². The molecule has 0 saturated heterocycles. The van der Waals surface area contributed by atoms with Crippen molar-refractivity contribution in [1.29, 1.82) is 0 Å². The van der Waals surface area contributed by atoms with Crippen molar-refractivity contribution in [3.05, 3.63) is 90.0 Å². The predicted octanol–water partition coefficient (Wildman–Crippen LogP) is 2.96. The number of sulfonamides is 1. The zero-order valence-corrected chi connectivity index (χ0v) is 15.4. The molecule has 0 spiro atoms. The summed E-state index contributed by atoms with van der Waals surface area (Å²) in [6.45, 7) is 0. The monoisotopic (exact) mass is 395 g/mol. The van der Waals surface area contributed by atoms with Crippen LogP contribution in [0.1, 0.15) is 15.9 Å². The molecule has 3 aromatic rings. The van der Waals surface area contributed by atoms with E-state index in [2.05, 4.69) is 15.2 Å². The van der Waals surface area contributed by atoms with Crippen LogP contribution in [0, 0.1) is 0 Å². The molecule has 0 heterocycles. The van der Waals surface area contributed by atoms with Crippen LogP contribution in [0.15, 0.2) is 88.9 Å². The maximum atomic E-state index is 12.3. The third-order valence-corrected chi connectivity index (χ3v) is 5.10. The van der Waals surface area contributed by atoms with Crippen molar-refractivity contribution in [2.45, 2.75) is 4.90 Å². The molecule has 0 aliphatic carbocycles. The van der Waals surface area contributed by atoms with Gasteiger partial charge in [0.1, 0.15) is 5.75 Å². The van der Waals surface area contributed by atoms with E-state index in [1.807, 2.05) is 0 Å². The van der Waals surface area contributed by atoms with Crippen molar-refractivity contribution >= 4 is 27.8 Å². The number of aromatic hydroxyl groups is 1.